The second kappa shape index (κ2) is 8.28. The number of methoxy groups -OCH3 is 2. The Morgan fingerprint density at radius 2 is 1.95 bits per heavy atom. The summed E-state index contributed by atoms with van der Waals surface area (Å²) in [5.74, 6) is 1.50. The number of rotatable bonds is 8. The molecule has 114 valence electrons. The summed E-state index contributed by atoms with van der Waals surface area (Å²) in [5.41, 5.74) is 1.47. The van der Waals surface area contributed by atoms with Gasteiger partial charge in [0.05, 0.1) is 7.11 Å². The summed E-state index contributed by atoms with van der Waals surface area (Å²) in [7, 11) is 3.47. The lowest BCUT2D eigenvalue weighted by atomic mass is 9.95. The van der Waals surface area contributed by atoms with Crippen LogP contribution < -0.4 is 10.1 Å². The van der Waals surface area contributed by atoms with E-state index < -0.39 is 0 Å². The first kappa shape index (κ1) is 17.0. The van der Waals surface area contributed by atoms with Gasteiger partial charge < -0.3 is 14.8 Å². The van der Waals surface area contributed by atoms with Crippen LogP contribution >= 0.6 is 0 Å². The average molecular weight is 279 g/mol. The Labute approximate surface area is 123 Å². The minimum Gasteiger partial charge on any atom is -0.497 e. The predicted octanol–water partition coefficient (Wildman–Crippen LogP) is 3.28. The van der Waals surface area contributed by atoms with E-state index in [0.29, 0.717) is 5.92 Å². The molecule has 1 aromatic carbocycles. The number of nitrogens with one attached hydrogen (secondary N) is 1. The van der Waals surface area contributed by atoms with Crippen molar-refractivity contribution >= 4 is 0 Å². The fraction of sp³-hybridized carbons (Fsp3) is 0.647. The van der Waals surface area contributed by atoms with Crippen molar-refractivity contribution in [2.45, 2.75) is 39.2 Å². The molecule has 1 rings (SSSR count). The lowest BCUT2D eigenvalue weighted by Gasteiger charge is -2.25. The predicted molar refractivity (Wildman–Crippen MR) is 84.4 cm³/mol. The van der Waals surface area contributed by atoms with Gasteiger partial charge in [-0.05, 0) is 63.8 Å². The molecule has 1 unspecified atom stereocenters. The van der Waals surface area contributed by atoms with Crippen LogP contribution in [-0.4, -0.2) is 32.9 Å². The van der Waals surface area contributed by atoms with E-state index in [0.717, 1.165) is 31.7 Å². The summed E-state index contributed by atoms with van der Waals surface area (Å²) in [6.45, 7) is 8.41. The molecule has 1 N–H and O–H groups in total. The van der Waals surface area contributed by atoms with E-state index in [1.165, 1.54) is 5.56 Å². The van der Waals surface area contributed by atoms with E-state index in [1.54, 1.807) is 14.2 Å². The molecule has 0 radical (unpaired) electrons. The molecule has 1 atom stereocenters. The van der Waals surface area contributed by atoms with Gasteiger partial charge in [-0.2, -0.15) is 0 Å². The third-order valence-electron chi connectivity index (χ3n) is 3.31. The molecule has 1 aromatic rings. The number of benzene rings is 1. The minimum absolute atomic E-state index is 0.152. The van der Waals surface area contributed by atoms with Crippen LogP contribution in [0.5, 0.6) is 5.75 Å². The zero-order valence-corrected chi connectivity index (χ0v) is 13.5. The molecule has 0 aliphatic carbocycles. The molecular weight excluding hydrogens is 250 g/mol. The van der Waals surface area contributed by atoms with Crippen LogP contribution in [0.3, 0.4) is 0 Å². The van der Waals surface area contributed by atoms with Crippen LogP contribution in [-0.2, 0) is 11.2 Å². The maximum absolute atomic E-state index is 5.29. The van der Waals surface area contributed by atoms with Crippen molar-refractivity contribution in [1.82, 2.24) is 5.32 Å². The molecule has 0 heterocycles. The van der Waals surface area contributed by atoms with E-state index in [9.17, 15) is 0 Å². The second-order valence-electron chi connectivity index (χ2n) is 6.33. The summed E-state index contributed by atoms with van der Waals surface area (Å²) >= 11 is 0. The topological polar surface area (TPSA) is 30.5 Å². The van der Waals surface area contributed by atoms with Crippen molar-refractivity contribution in [3.8, 4) is 5.75 Å². The number of hydrogen-bond acceptors (Lipinski definition) is 3. The Balaban J connectivity index is 2.62. The molecule has 3 nitrogen and oxygen atoms in total. The van der Waals surface area contributed by atoms with Crippen molar-refractivity contribution in [3.05, 3.63) is 29.8 Å². The molecule has 0 fully saturated rings. The highest BCUT2D eigenvalue weighted by molar-refractivity contribution is 5.28. The van der Waals surface area contributed by atoms with Gasteiger partial charge >= 0.3 is 0 Å². The van der Waals surface area contributed by atoms with Gasteiger partial charge in [0.25, 0.3) is 0 Å². The highest BCUT2D eigenvalue weighted by atomic mass is 16.5. The Kier molecular flexibility index (Phi) is 7.03. The van der Waals surface area contributed by atoms with Gasteiger partial charge in [-0.25, -0.2) is 0 Å². The van der Waals surface area contributed by atoms with Crippen LogP contribution in [0, 0.1) is 5.92 Å². The van der Waals surface area contributed by atoms with Crippen molar-refractivity contribution in [1.29, 1.82) is 0 Å². The first-order chi connectivity index (χ1) is 9.44. The van der Waals surface area contributed by atoms with Crippen molar-refractivity contribution in [2.24, 2.45) is 5.92 Å². The van der Waals surface area contributed by atoms with Crippen LogP contribution in [0.25, 0.3) is 0 Å². The first-order valence-electron chi connectivity index (χ1n) is 7.31. The number of ether oxygens (including phenoxy) is 2. The van der Waals surface area contributed by atoms with Crippen molar-refractivity contribution < 1.29 is 9.47 Å². The molecule has 0 aromatic heterocycles. The maximum Gasteiger partial charge on any atom is 0.119 e. The highest BCUT2D eigenvalue weighted by Crippen LogP contribution is 2.18. The monoisotopic (exact) mass is 279 g/mol. The van der Waals surface area contributed by atoms with Gasteiger partial charge in [-0.1, -0.05) is 12.1 Å². The zero-order chi connectivity index (χ0) is 15.0. The summed E-state index contributed by atoms with van der Waals surface area (Å²) in [6.07, 6.45) is 2.11. The van der Waals surface area contributed by atoms with E-state index in [2.05, 4.69) is 44.3 Å². The smallest absolute Gasteiger partial charge is 0.119 e. The molecule has 0 bridgehead atoms. The van der Waals surface area contributed by atoms with Crippen LogP contribution in [0.1, 0.15) is 32.8 Å². The van der Waals surface area contributed by atoms with Crippen LogP contribution in [0.15, 0.2) is 24.3 Å². The fourth-order valence-electron chi connectivity index (χ4n) is 2.14. The van der Waals surface area contributed by atoms with Crippen molar-refractivity contribution in [3.63, 3.8) is 0 Å². The first-order valence-corrected chi connectivity index (χ1v) is 7.31. The summed E-state index contributed by atoms with van der Waals surface area (Å²) < 4.78 is 10.5. The van der Waals surface area contributed by atoms with Crippen molar-refractivity contribution in [2.75, 3.05) is 27.4 Å². The van der Waals surface area contributed by atoms with Gasteiger partial charge in [0.1, 0.15) is 5.75 Å². The van der Waals surface area contributed by atoms with Gasteiger partial charge in [0.2, 0.25) is 0 Å². The van der Waals surface area contributed by atoms with Gasteiger partial charge in [-0.3, -0.25) is 0 Å². The zero-order valence-electron chi connectivity index (χ0n) is 13.5. The molecule has 3 heteroatoms. The van der Waals surface area contributed by atoms with E-state index in [1.807, 2.05) is 6.07 Å². The van der Waals surface area contributed by atoms with Gasteiger partial charge in [0.15, 0.2) is 0 Å². The quantitative estimate of drug-likeness (QED) is 0.792. The summed E-state index contributed by atoms with van der Waals surface area (Å²) in [6, 6.07) is 8.33. The molecule has 0 aliphatic rings. The van der Waals surface area contributed by atoms with E-state index in [-0.39, 0.29) is 5.54 Å². The van der Waals surface area contributed by atoms with E-state index >= 15 is 0 Å². The van der Waals surface area contributed by atoms with Crippen LogP contribution in [0.2, 0.25) is 0 Å². The third kappa shape index (κ3) is 6.92. The second-order valence-corrected chi connectivity index (χ2v) is 6.33. The van der Waals surface area contributed by atoms with E-state index in [4.69, 9.17) is 9.47 Å². The summed E-state index contributed by atoms with van der Waals surface area (Å²) in [4.78, 5) is 0. The average Bonchev–Trinajstić information content (AvgIpc) is 2.41. The molecule has 20 heavy (non-hydrogen) atoms. The molecule has 0 aliphatic heterocycles. The lowest BCUT2D eigenvalue weighted by molar-refractivity contribution is 0.173. The Morgan fingerprint density at radius 1 is 1.20 bits per heavy atom. The Bertz CT molecular complexity index is 385. The standard InChI is InChI=1S/C17H29NO2/c1-17(2,3)18-13-15(9-10-19-4)11-14-7-6-8-16(12-14)20-5/h6-8,12,15,18H,9-11,13H2,1-5H3. The molecule has 0 saturated heterocycles. The Morgan fingerprint density at radius 3 is 2.55 bits per heavy atom. The molecular formula is C17H29NO2. The minimum atomic E-state index is 0.152. The molecule has 0 spiro atoms. The normalized spacial score (nSPS) is 13.2. The lowest BCUT2D eigenvalue weighted by Crippen LogP contribution is -2.39. The number of hydrogen-bond donors (Lipinski definition) is 1. The highest BCUT2D eigenvalue weighted by Gasteiger charge is 2.15. The largest absolute Gasteiger partial charge is 0.497 e. The summed E-state index contributed by atoms with van der Waals surface area (Å²) in [5, 5.41) is 3.59. The third-order valence-corrected chi connectivity index (χ3v) is 3.31. The van der Waals surface area contributed by atoms with Gasteiger partial charge in [-0.15, -0.1) is 0 Å². The SMILES string of the molecule is COCCC(CNC(C)(C)C)Cc1cccc(OC)c1. The fourth-order valence-corrected chi connectivity index (χ4v) is 2.14. The molecule has 0 amide bonds. The maximum atomic E-state index is 5.29. The van der Waals surface area contributed by atoms with Crippen LogP contribution in [0.4, 0.5) is 0 Å². The Hall–Kier alpha value is -1.06. The van der Waals surface area contributed by atoms with Gasteiger partial charge in [0, 0.05) is 19.3 Å². The molecule has 0 saturated carbocycles.